The summed E-state index contributed by atoms with van der Waals surface area (Å²) in [5.41, 5.74) is 0. The van der Waals surface area contributed by atoms with Gasteiger partial charge in [-0.2, -0.15) is 0 Å². The third kappa shape index (κ3) is 20.2. The van der Waals surface area contributed by atoms with E-state index in [2.05, 4.69) is 55.4 Å². The predicted molar refractivity (Wildman–Crippen MR) is 90.3 cm³/mol. The number of rotatable bonds is 10. The molecule has 2 atom stereocenters. The van der Waals surface area contributed by atoms with E-state index in [-0.39, 0.29) is 0 Å². The minimum absolute atomic E-state index is 0.431. The average molecular weight is 289 g/mol. The van der Waals surface area contributed by atoms with E-state index in [9.17, 15) is 0 Å². The summed E-state index contributed by atoms with van der Waals surface area (Å²) in [6, 6.07) is 0. The van der Waals surface area contributed by atoms with Crippen LogP contribution < -0.4 is 0 Å². The zero-order chi connectivity index (χ0) is 16.0. The van der Waals surface area contributed by atoms with Crippen molar-refractivity contribution >= 4 is 0 Å². The zero-order valence-corrected chi connectivity index (χ0v) is 15.4. The Morgan fingerprint density at radius 2 is 1.00 bits per heavy atom. The Labute approximate surface area is 128 Å². The van der Waals surface area contributed by atoms with Gasteiger partial charge in [-0.1, -0.05) is 41.5 Å². The summed E-state index contributed by atoms with van der Waals surface area (Å²) in [6.07, 6.45) is 5.48. The standard InChI is InChI=1S/C10H22O.C8H18O/c1-9(2)5-7-11-8-6-10(3)4;1-5-7(3)9-8(4)6-2/h9-10H,5-8H2,1-4H3;7-8H,5-6H2,1-4H3. The van der Waals surface area contributed by atoms with Gasteiger partial charge < -0.3 is 9.47 Å². The van der Waals surface area contributed by atoms with Crippen LogP contribution in [0.5, 0.6) is 0 Å². The van der Waals surface area contributed by atoms with Gasteiger partial charge in [0.25, 0.3) is 0 Å². The van der Waals surface area contributed by atoms with Crippen molar-refractivity contribution in [3.05, 3.63) is 0 Å². The monoisotopic (exact) mass is 288 g/mol. The van der Waals surface area contributed by atoms with Crippen LogP contribution in [0.25, 0.3) is 0 Å². The van der Waals surface area contributed by atoms with Crippen LogP contribution in [0, 0.1) is 11.8 Å². The molecule has 0 aliphatic carbocycles. The third-order valence-electron chi connectivity index (χ3n) is 3.29. The molecule has 2 heteroatoms. The van der Waals surface area contributed by atoms with E-state index in [0.717, 1.165) is 37.9 Å². The second-order valence-electron chi connectivity index (χ2n) is 6.55. The van der Waals surface area contributed by atoms with E-state index < -0.39 is 0 Å². The molecule has 0 aromatic carbocycles. The maximum Gasteiger partial charge on any atom is 0.0548 e. The second-order valence-corrected chi connectivity index (χ2v) is 6.55. The minimum Gasteiger partial charge on any atom is -0.381 e. The average Bonchev–Trinajstić information content (AvgIpc) is 2.38. The van der Waals surface area contributed by atoms with E-state index in [1.165, 1.54) is 12.8 Å². The van der Waals surface area contributed by atoms with Crippen molar-refractivity contribution < 1.29 is 9.47 Å². The first kappa shape index (κ1) is 22.2. The Balaban J connectivity index is 0. The molecule has 0 heterocycles. The summed E-state index contributed by atoms with van der Waals surface area (Å²) in [6.45, 7) is 19.3. The molecule has 20 heavy (non-hydrogen) atoms. The van der Waals surface area contributed by atoms with Gasteiger partial charge in [0.2, 0.25) is 0 Å². The first-order valence-electron chi connectivity index (χ1n) is 8.56. The Bertz CT molecular complexity index is 160. The number of ether oxygens (including phenoxy) is 2. The molecule has 2 nitrogen and oxygen atoms in total. The van der Waals surface area contributed by atoms with Gasteiger partial charge in [-0.15, -0.1) is 0 Å². The maximum atomic E-state index is 5.55. The van der Waals surface area contributed by atoms with Crippen molar-refractivity contribution in [1.82, 2.24) is 0 Å². The van der Waals surface area contributed by atoms with Crippen LogP contribution in [0.3, 0.4) is 0 Å². The first-order chi connectivity index (χ1) is 9.33. The Morgan fingerprint density at radius 3 is 1.25 bits per heavy atom. The van der Waals surface area contributed by atoms with Gasteiger partial charge in [0.05, 0.1) is 12.2 Å². The lowest BCUT2D eigenvalue weighted by Gasteiger charge is -2.15. The van der Waals surface area contributed by atoms with E-state index in [0.29, 0.717) is 12.2 Å². The van der Waals surface area contributed by atoms with Gasteiger partial charge in [-0.05, 0) is 51.4 Å². The van der Waals surface area contributed by atoms with Crippen LogP contribution >= 0.6 is 0 Å². The van der Waals surface area contributed by atoms with Crippen LogP contribution in [0.1, 0.15) is 81.1 Å². The molecule has 0 spiro atoms. The Morgan fingerprint density at radius 1 is 0.650 bits per heavy atom. The molecule has 0 radical (unpaired) electrons. The number of hydrogen-bond acceptors (Lipinski definition) is 2. The highest BCUT2D eigenvalue weighted by molar-refractivity contribution is 4.50. The highest BCUT2D eigenvalue weighted by Gasteiger charge is 2.02. The lowest BCUT2D eigenvalue weighted by molar-refractivity contribution is 0.00511. The van der Waals surface area contributed by atoms with Crippen molar-refractivity contribution in [3.8, 4) is 0 Å². The summed E-state index contributed by atoms with van der Waals surface area (Å²) >= 11 is 0. The van der Waals surface area contributed by atoms with Crippen LogP contribution in [0.4, 0.5) is 0 Å². The first-order valence-corrected chi connectivity index (χ1v) is 8.56. The molecular formula is C18H40O2. The topological polar surface area (TPSA) is 18.5 Å². The summed E-state index contributed by atoms with van der Waals surface area (Å²) in [5, 5.41) is 0. The molecule has 0 fully saturated rings. The van der Waals surface area contributed by atoms with Gasteiger partial charge in [0.1, 0.15) is 0 Å². The summed E-state index contributed by atoms with van der Waals surface area (Å²) < 4.78 is 11.0. The van der Waals surface area contributed by atoms with Gasteiger partial charge in [0, 0.05) is 13.2 Å². The molecular weight excluding hydrogens is 248 g/mol. The Hall–Kier alpha value is -0.0800. The van der Waals surface area contributed by atoms with Crippen molar-refractivity contribution in [2.75, 3.05) is 13.2 Å². The van der Waals surface area contributed by atoms with E-state index >= 15 is 0 Å². The fourth-order valence-corrected chi connectivity index (χ4v) is 1.33. The van der Waals surface area contributed by atoms with Crippen LogP contribution in [0.2, 0.25) is 0 Å². The predicted octanol–water partition coefficient (Wildman–Crippen LogP) is 5.70. The summed E-state index contributed by atoms with van der Waals surface area (Å²) in [7, 11) is 0. The lowest BCUT2D eigenvalue weighted by Crippen LogP contribution is -2.14. The third-order valence-corrected chi connectivity index (χ3v) is 3.29. The van der Waals surface area contributed by atoms with Crippen LogP contribution in [-0.4, -0.2) is 25.4 Å². The van der Waals surface area contributed by atoms with Crippen molar-refractivity contribution in [2.24, 2.45) is 11.8 Å². The van der Waals surface area contributed by atoms with Gasteiger partial charge in [-0.25, -0.2) is 0 Å². The van der Waals surface area contributed by atoms with Crippen molar-refractivity contribution in [1.29, 1.82) is 0 Å². The lowest BCUT2D eigenvalue weighted by atomic mass is 10.1. The smallest absolute Gasteiger partial charge is 0.0548 e. The van der Waals surface area contributed by atoms with E-state index in [4.69, 9.17) is 9.47 Å². The highest BCUT2D eigenvalue weighted by atomic mass is 16.5. The second kappa shape index (κ2) is 15.3. The summed E-state index contributed by atoms with van der Waals surface area (Å²) in [4.78, 5) is 0. The molecule has 0 aromatic rings. The normalized spacial score (nSPS) is 14.1. The maximum absolute atomic E-state index is 5.55. The van der Waals surface area contributed by atoms with Gasteiger partial charge in [-0.3, -0.25) is 0 Å². The zero-order valence-electron chi connectivity index (χ0n) is 15.4. The highest BCUT2D eigenvalue weighted by Crippen LogP contribution is 2.03. The molecule has 0 aliphatic heterocycles. The molecule has 0 aromatic heterocycles. The van der Waals surface area contributed by atoms with E-state index in [1.54, 1.807) is 0 Å². The largest absolute Gasteiger partial charge is 0.381 e. The SMILES string of the molecule is CC(C)CCOCCC(C)C.CCC(C)OC(C)CC. The molecule has 0 rings (SSSR count). The molecule has 2 unspecified atom stereocenters. The molecule has 0 N–H and O–H groups in total. The molecule has 0 aliphatic rings. The fraction of sp³-hybridized carbons (Fsp3) is 1.00. The van der Waals surface area contributed by atoms with Crippen LogP contribution in [-0.2, 0) is 9.47 Å². The molecule has 0 bridgehead atoms. The molecule has 124 valence electrons. The molecule has 0 amide bonds. The van der Waals surface area contributed by atoms with Crippen molar-refractivity contribution in [3.63, 3.8) is 0 Å². The quantitative estimate of drug-likeness (QED) is 0.480. The van der Waals surface area contributed by atoms with Crippen molar-refractivity contribution in [2.45, 2.75) is 93.3 Å². The minimum atomic E-state index is 0.431. The fourth-order valence-electron chi connectivity index (χ4n) is 1.33. The van der Waals surface area contributed by atoms with Gasteiger partial charge >= 0.3 is 0 Å². The Kier molecular flexibility index (Phi) is 17.0. The molecule has 0 saturated heterocycles. The molecule has 0 saturated carbocycles. The van der Waals surface area contributed by atoms with Gasteiger partial charge in [0.15, 0.2) is 0 Å². The summed E-state index contributed by atoms with van der Waals surface area (Å²) in [5.74, 6) is 1.54. The van der Waals surface area contributed by atoms with Crippen LogP contribution in [0.15, 0.2) is 0 Å². The number of hydrogen-bond donors (Lipinski definition) is 0. The van der Waals surface area contributed by atoms with E-state index in [1.807, 2.05) is 0 Å².